The molecule has 172 valence electrons. The van der Waals surface area contributed by atoms with Crippen LogP contribution in [0.1, 0.15) is 36.5 Å². The Kier molecular flexibility index (Phi) is 7.06. The van der Waals surface area contributed by atoms with Crippen LogP contribution in [0.3, 0.4) is 0 Å². The molecule has 1 N–H and O–H groups in total. The molecular weight excluding hydrogens is 460 g/mol. The lowest BCUT2D eigenvalue weighted by atomic mass is 10.1. The zero-order chi connectivity index (χ0) is 23.4. The molecule has 33 heavy (non-hydrogen) atoms. The summed E-state index contributed by atoms with van der Waals surface area (Å²) in [6.45, 7) is 2.58. The number of thioether (sulfide) groups is 1. The van der Waals surface area contributed by atoms with E-state index in [-0.39, 0.29) is 22.3 Å². The Hall–Kier alpha value is -2.82. The Morgan fingerprint density at radius 2 is 1.76 bits per heavy atom. The largest absolute Gasteiger partial charge is 0.325 e. The van der Waals surface area contributed by atoms with E-state index in [2.05, 4.69) is 15.3 Å². The Labute approximate surface area is 196 Å². The number of piperidine rings is 1. The van der Waals surface area contributed by atoms with Gasteiger partial charge < -0.3 is 5.32 Å². The summed E-state index contributed by atoms with van der Waals surface area (Å²) in [7, 11) is -3.53. The molecular formula is C23H24N4O4S2. The summed E-state index contributed by atoms with van der Waals surface area (Å²) in [5.41, 5.74) is 2.25. The Morgan fingerprint density at radius 3 is 2.45 bits per heavy atom. The minimum Gasteiger partial charge on any atom is -0.325 e. The van der Waals surface area contributed by atoms with Gasteiger partial charge in [0.25, 0.3) is 0 Å². The fourth-order valence-corrected chi connectivity index (χ4v) is 5.76. The molecule has 1 aliphatic heterocycles. The van der Waals surface area contributed by atoms with Gasteiger partial charge in [0.15, 0.2) is 5.78 Å². The molecule has 1 fully saturated rings. The lowest BCUT2D eigenvalue weighted by Gasteiger charge is -2.25. The number of aromatic nitrogens is 2. The van der Waals surface area contributed by atoms with Crippen LogP contribution in [-0.2, 0) is 14.8 Å². The van der Waals surface area contributed by atoms with E-state index in [0.29, 0.717) is 40.4 Å². The standard InChI is InChI=1S/C23H24N4O4S2/c1-16(28)17-5-7-18(8-6-17)25-22(29)15-32-23-14-24-21-13-19(9-10-20(21)26-23)33(30,31)27-11-3-2-4-12-27/h5-10,13-14H,2-4,11-12,15H2,1H3,(H,25,29). The number of hydrogen-bond donors (Lipinski definition) is 1. The minimum atomic E-state index is -3.53. The summed E-state index contributed by atoms with van der Waals surface area (Å²) < 4.78 is 27.3. The molecule has 2 aromatic carbocycles. The number of Topliss-reactive ketones (excluding diaryl/α,β-unsaturated/α-hetero) is 1. The van der Waals surface area contributed by atoms with Crippen molar-refractivity contribution in [3.05, 3.63) is 54.2 Å². The molecule has 1 amide bonds. The third-order valence-electron chi connectivity index (χ3n) is 5.37. The van der Waals surface area contributed by atoms with Crippen molar-refractivity contribution in [2.75, 3.05) is 24.2 Å². The van der Waals surface area contributed by atoms with Gasteiger partial charge in [0, 0.05) is 24.3 Å². The van der Waals surface area contributed by atoms with Crippen LogP contribution in [0.2, 0.25) is 0 Å². The topological polar surface area (TPSA) is 109 Å². The number of hydrogen-bond acceptors (Lipinski definition) is 7. The van der Waals surface area contributed by atoms with Gasteiger partial charge in [-0.05, 0) is 62.2 Å². The molecule has 0 aliphatic carbocycles. The maximum Gasteiger partial charge on any atom is 0.243 e. The van der Waals surface area contributed by atoms with Gasteiger partial charge in [-0.15, -0.1) is 0 Å². The highest BCUT2D eigenvalue weighted by Gasteiger charge is 2.26. The SMILES string of the molecule is CC(=O)c1ccc(NC(=O)CSc2cnc3cc(S(=O)(=O)N4CCCCC4)ccc3n2)cc1. The first-order chi connectivity index (χ1) is 15.8. The minimum absolute atomic E-state index is 0.0328. The van der Waals surface area contributed by atoms with E-state index in [0.717, 1.165) is 19.3 Å². The number of sulfonamides is 1. The van der Waals surface area contributed by atoms with E-state index in [4.69, 9.17) is 0 Å². The number of fused-ring (bicyclic) bond motifs is 1. The fourth-order valence-electron chi connectivity index (χ4n) is 3.58. The van der Waals surface area contributed by atoms with Crippen LogP contribution >= 0.6 is 11.8 Å². The van der Waals surface area contributed by atoms with E-state index < -0.39 is 10.0 Å². The molecule has 0 bridgehead atoms. The summed E-state index contributed by atoms with van der Waals surface area (Å²) in [6.07, 6.45) is 4.36. The highest BCUT2D eigenvalue weighted by molar-refractivity contribution is 7.99. The number of carbonyl (C=O) groups is 2. The Morgan fingerprint density at radius 1 is 1.03 bits per heavy atom. The lowest BCUT2D eigenvalue weighted by molar-refractivity contribution is -0.113. The van der Waals surface area contributed by atoms with Crippen LogP contribution in [0.5, 0.6) is 0 Å². The first-order valence-electron chi connectivity index (χ1n) is 10.6. The van der Waals surface area contributed by atoms with E-state index in [1.807, 2.05) is 0 Å². The number of rotatable bonds is 7. The highest BCUT2D eigenvalue weighted by atomic mass is 32.2. The second-order valence-corrected chi connectivity index (χ2v) is 10.7. The molecule has 10 heteroatoms. The number of amides is 1. The predicted octanol–water partition coefficient (Wildman–Crippen LogP) is 3.74. The average molecular weight is 485 g/mol. The summed E-state index contributed by atoms with van der Waals surface area (Å²) in [6, 6.07) is 11.5. The number of benzene rings is 2. The highest BCUT2D eigenvalue weighted by Crippen LogP contribution is 2.24. The third-order valence-corrected chi connectivity index (χ3v) is 8.16. The molecule has 1 aliphatic rings. The molecule has 0 saturated carbocycles. The van der Waals surface area contributed by atoms with Crippen LogP contribution < -0.4 is 5.32 Å². The second-order valence-electron chi connectivity index (χ2n) is 7.79. The second kappa shape index (κ2) is 9.98. The summed E-state index contributed by atoms with van der Waals surface area (Å²) >= 11 is 1.24. The van der Waals surface area contributed by atoms with Crippen molar-refractivity contribution >= 4 is 50.2 Å². The quantitative estimate of drug-likeness (QED) is 0.402. The monoisotopic (exact) mass is 484 g/mol. The molecule has 3 aromatic rings. The van der Waals surface area contributed by atoms with E-state index in [9.17, 15) is 18.0 Å². The molecule has 1 saturated heterocycles. The van der Waals surface area contributed by atoms with Crippen LogP contribution in [0.25, 0.3) is 11.0 Å². The van der Waals surface area contributed by atoms with Crippen molar-refractivity contribution in [1.29, 1.82) is 0 Å². The van der Waals surface area contributed by atoms with Gasteiger partial charge in [-0.1, -0.05) is 18.2 Å². The fraction of sp³-hybridized carbons (Fsp3) is 0.304. The van der Waals surface area contributed by atoms with Crippen molar-refractivity contribution in [3.8, 4) is 0 Å². The number of anilines is 1. The Bertz CT molecular complexity index is 1290. The number of carbonyl (C=O) groups excluding carboxylic acids is 2. The van der Waals surface area contributed by atoms with Gasteiger partial charge in [0.05, 0.1) is 27.9 Å². The Balaban J connectivity index is 1.40. The molecule has 0 unspecified atom stereocenters. The van der Waals surface area contributed by atoms with Crippen LogP contribution in [0.15, 0.2) is 58.6 Å². The smallest absolute Gasteiger partial charge is 0.243 e. The molecule has 0 radical (unpaired) electrons. The molecule has 1 aromatic heterocycles. The van der Waals surface area contributed by atoms with Crippen molar-refractivity contribution in [2.24, 2.45) is 0 Å². The normalized spacial score (nSPS) is 14.8. The molecule has 0 atom stereocenters. The zero-order valence-corrected chi connectivity index (χ0v) is 19.8. The molecule has 0 spiro atoms. The van der Waals surface area contributed by atoms with Crippen molar-refractivity contribution in [1.82, 2.24) is 14.3 Å². The first kappa shape index (κ1) is 23.3. The predicted molar refractivity (Wildman–Crippen MR) is 128 cm³/mol. The number of nitrogens with one attached hydrogen (secondary N) is 1. The van der Waals surface area contributed by atoms with E-state index >= 15 is 0 Å². The van der Waals surface area contributed by atoms with E-state index in [1.165, 1.54) is 23.0 Å². The van der Waals surface area contributed by atoms with Gasteiger partial charge in [-0.2, -0.15) is 4.31 Å². The molecule has 4 rings (SSSR count). The van der Waals surface area contributed by atoms with Crippen LogP contribution in [0.4, 0.5) is 5.69 Å². The molecule has 8 nitrogen and oxygen atoms in total. The molecule has 2 heterocycles. The first-order valence-corrected chi connectivity index (χ1v) is 13.1. The van der Waals surface area contributed by atoms with Gasteiger partial charge in [0.2, 0.25) is 15.9 Å². The van der Waals surface area contributed by atoms with Crippen LogP contribution in [0, 0.1) is 0 Å². The van der Waals surface area contributed by atoms with Crippen LogP contribution in [-0.4, -0.2) is 53.2 Å². The van der Waals surface area contributed by atoms with Gasteiger partial charge >= 0.3 is 0 Å². The number of nitrogens with zero attached hydrogens (tertiary/aromatic N) is 3. The summed E-state index contributed by atoms with van der Waals surface area (Å²) in [5.74, 6) is -0.106. The maximum atomic E-state index is 12.9. The summed E-state index contributed by atoms with van der Waals surface area (Å²) in [4.78, 5) is 32.7. The lowest BCUT2D eigenvalue weighted by Crippen LogP contribution is -2.35. The van der Waals surface area contributed by atoms with Gasteiger partial charge in [0.1, 0.15) is 5.03 Å². The zero-order valence-electron chi connectivity index (χ0n) is 18.2. The summed E-state index contributed by atoms with van der Waals surface area (Å²) in [5, 5.41) is 3.35. The van der Waals surface area contributed by atoms with Crippen molar-refractivity contribution in [2.45, 2.75) is 36.1 Å². The van der Waals surface area contributed by atoms with Crippen molar-refractivity contribution < 1.29 is 18.0 Å². The van der Waals surface area contributed by atoms with Crippen molar-refractivity contribution in [3.63, 3.8) is 0 Å². The van der Waals surface area contributed by atoms with Gasteiger partial charge in [-0.3, -0.25) is 14.6 Å². The third kappa shape index (κ3) is 5.58. The maximum absolute atomic E-state index is 12.9. The number of ketones is 1. The van der Waals surface area contributed by atoms with E-state index in [1.54, 1.807) is 48.7 Å². The van der Waals surface area contributed by atoms with Gasteiger partial charge in [-0.25, -0.2) is 13.4 Å². The average Bonchev–Trinajstić information content (AvgIpc) is 2.83.